The van der Waals surface area contributed by atoms with E-state index in [0.717, 1.165) is 24.9 Å². The molecule has 1 atom stereocenters. The van der Waals surface area contributed by atoms with Gasteiger partial charge in [-0.05, 0) is 56.0 Å². The molecule has 0 aliphatic carbocycles. The number of primary amides is 1. The van der Waals surface area contributed by atoms with Crippen LogP contribution in [-0.2, 0) is 26.2 Å². The smallest absolute Gasteiger partial charge is 0.244 e. The number of para-hydroxylation sites is 1. The number of benzene rings is 2. The van der Waals surface area contributed by atoms with Crippen LogP contribution in [0.4, 0.5) is 5.69 Å². The van der Waals surface area contributed by atoms with E-state index in [-0.39, 0.29) is 47.3 Å². The fourth-order valence-electron chi connectivity index (χ4n) is 4.85. The van der Waals surface area contributed by atoms with E-state index in [0.29, 0.717) is 25.1 Å². The van der Waals surface area contributed by atoms with Crippen LogP contribution in [0.15, 0.2) is 53.4 Å². The van der Waals surface area contributed by atoms with Gasteiger partial charge >= 0.3 is 0 Å². The number of anilines is 1. The number of sulfonamides is 1. The molecular weight excluding hydrogens is 466 g/mol. The largest absolute Gasteiger partial charge is 0.368 e. The molecule has 2 amide bonds. The van der Waals surface area contributed by atoms with Crippen LogP contribution in [0.25, 0.3) is 0 Å². The average molecular weight is 496 g/mol. The highest BCUT2D eigenvalue weighted by Crippen LogP contribution is 2.28. The molecule has 0 saturated carbocycles. The summed E-state index contributed by atoms with van der Waals surface area (Å²) in [6.07, 6.45) is 2.42. The molecule has 2 saturated heterocycles. The molecule has 0 spiro atoms. The van der Waals surface area contributed by atoms with Gasteiger partial charge in [0, 0.05) is 31.2 Å². The minimum Gasteiger partial charge on any atom is -0.368 e. The first-order chi connectivity index (χ1) is 16.8. The Kier molecular flexibility index (Phi) is 7.50. The van der Waals surface area contributed by atoms with Crippen molar-refractivity contribution < 1.29 is 18.0 Å². The second kappa shape index (κ2) is 10.6. The molecule has 2 fully saturated rings. The maximum atomic E-state index is 13.1. The van der Waals surface area contributed by atoms with Crippen molar-refractivity contribution in [1.82, 2.24) is 9.21 Å². The average Bonchev–Trinajstić information content (AvgIpc) is 3.34. The zero-order valence-electron chi connectivity index (χ0n) is 19.4. The Bertz CT molecular complexity index is 1250. The highest BCUT2D eigenvalue weighted by Gasteiger charge is 2.34. The van der Waals surface area contributed by atoms with Crippen molar-refractivity contribution in [3.8, 4) is 6.07 Å². The van der Waals surface area contributed by atoms with Gasteiger partial charge in [-0.15, -0.1) is 0 Å². The van der Waals surface area contributed by atoms with E-state index in [4.69, 9.17) is 5.73 Å². The topological polar surface area (TPSA) is 137 Å². The zero-order chi connectivity index (χ0) is 25.0. The Morgan fingerprint density at radius 3 is 2.43 bits per heavy atom. The van der Waals surface area contributed by atoms with Crippen LogP contribution in [-0.4, -0.2) is 55.1 Å². The summed E-state index contributed by atoms with van der Waals surface area (Å²) in [6, 6.07) is 15.3. The first kappa shape index (κ1) is 24.9. The minimum absolute atomic E-state index is 0.00416. The quantitative estimate of drug-likeness (QED) is 0.603. The molecule has 184 valence electrons. The standard InChI is InChI=1S/C25H29N5O4S/c26-16-19-6-2-4-10-23(19)35(33,34)30-14-11-18(12-15-30)25(32)28-21-8-3-1-7-20(21)17-29-13-5-9-22(29)24(27)31/h1-4,6-8,10,18,22H,5,9,11-15,17H2,(H2,27,31)(H,28,32). The summed E-state index contributed by atoms with van der Waals surface area (Å²) in [5.41, 5.74) is 7.24. The number of amides is 2. The van der Waals surface area contributed by atoms with Crippen molar-refractivity contribution in [2.24, 2.45) is 11.7 Å². The molecule has 0 bridgehead atoms. The van der Waals surface area contributed by atoms with Gasteiger partial charge in [0.25, 0.3) is 0 Å². The lowest BCUT2D eigenvalue weighted by Crippen LogP contribution is -2.41. The van der Waals surface area contributed by atoms with Crippen LogP contribution in [0.5, 0.6) is 0 Å². The monoisotopic (exact) mass is 495 g/mol. The normalized spacial score (nSPS) is 19.8. The highest BCUT2D eigenvalue weighted by molar-refractivity contribution is 7.89. The summed E-state index contributed by atoms with van der Waals surface area (Å²) in [4.78, 5) is 26.8. The van der Waals surface area contributed by atoms with E-state index >= 15 is 0 Å². The van der Waals surface area contributed by atoms with E-state index in [9.17, 15) is 23.3 Å². The Balaban J connectivity index is 1.40. The predicted octanol–water partition coefficient (Wildman–Crippen LogP) is 2.05. The van der Waals surface area contributed by atoms with Gasteiger partial charge in [-0.2, -0.15) is 9.57 Å². The second-order valence-corrected chi connectivity index (χ2v) is 10.9. The zero-order valence-corrected chi connectivity index (χ0v) is 20.2. The van der Waals surface area contributed by atoms with Gasteiger partial charge in [-0.1, -0.05) is 30.3 Å². The number of nitriles is 1. The van der Waals surface area contributed by atoms with Crippen LogP contribution in [0.1, 0.15) is 36.8 Å². The fourth-order valence-corrected chi connectivity index (χ4v) is 6.46. The molecule has 0 radical (unpaired) electrons. The summed E-state index contributed by atoms with van der Waals surface area (Å²) in [5.74, 6) is -0.811. The van der Waals surface area contributed by atoms with E-state index in [1.165, 1.54) is 16.4 Å². The SMILES string of the molecule is N#Cc1ccccc1S(=O)(=O)N1CCC(C(=O)Nc2ccccc2CN2CCCC2C(N)=O)CC1. The lowest BCUT2D eigenvalue weighted by Gasteiger charge is -2.31. The van der Waals surface area contributed by atoms with Crippen LogP contribution in [0.2, 0.25) is 0 Å². The van der Waals surface area contributed by atoms with Gasteiger partial charge in [-0.25, -0.2) is 8.42 Å². The molecule has 1 unspecified atom stereocenters. The summed E-state index contributed by atoms with van der Waals surface area (Å²) in [7, 11) is -3.81. The molecule has 2 aromatic carbocycles. The van der Waals surface area contributed by atoms with E-state index < -0.39 is 10.0 Å². The molecule has 9 nitrogen and oxygen atoms in total. The summed E-state index contributed by atoms with van der Waals surface area (Å²) in [5, 5.41) is 12.3. The minimum atomic E-state index is -3.81. The van der Waals surface area contributed by atoms with Gasteiger partial charge in [0.1, 0.15) is 6.07 Å². The molecule has 2 aliphatic rings. The van der Waals surface area contributed by atoms with Gasteiger partial charge in [0.2, 0.25) is 21.8 Å². The van der Waals surface area contributed by atoms with Crippen LogP contribution in [0, 0.1) is 17.2 Å². The maximum Gasteiger partial charge on any atom is 0.244 e. The van der Waals surface area contributed by atoms with Crippen molar-refractivity contribution in [3.05, 3.63) is 59.7 Å². The third-order valence-corrected chi connectivity index (χ3v) is 8.75. The number of nitrogens with zero attached hydrogens (tertiary/aromatic N) is 3. The van der Waals surface area contributed by atoms with E-state index in [1.807, 2.05) is 35.2 Å². The molecule has 35 heavy (non-hydrogen) atoms. The number of hydrogen-bond donors (Lipinski definition) is 2. The Morgan fingerprint density at radius 1 is 1.03 bits per heavy atom. The van der Waals surface area contributed by atoms with Crippen molar-refractivity contribution in [3.63, 3.8) is 0 Å². The number of carbonyl (C=O) groups is 2. The number of hydrogen-bond acceptors (Lipinski definition) is 6. The first-order valence-corrected chi connectivity index (χ1v) is 13.2. The predicted molar refractivity (Wildman–Crippen MR) is 130 cm³/mol. The van der Waals surface area contributed by atoms with Gasteiger partial charge in [0.15, 0.2) is 0 Å². The second-order valence-electron chi connectivity index (χ2n) is 8.96. The van der Waals surface area contributed by atoms with E-state index in [2.05, 4.69) is 5.32 Å². The van der Waals surface area contributed by atoms with Crippen molar-refractivity contribution in [2.45, 2.75) is 43.2 Å². The van der Waals surface area contributed by atoms with Crippen LogP contribution in [0.3, 0.4) is 0 Å². The third kappa shape index (κ3) is 5.37. The number of nitrogens with one attached hydrogen (secondary N) is 1. The van der Waals surface area contributed by atoms with E-state index in [1.54, 1.807) is 12.1 Å². The molecular formula is C25H29N5O4S. The number of piperidine rings is 1. The summed E-state index contributed by atoms with van der Waals surface area (Å²) >= 11 is 0. The Morgan fingerprint density at radius 2 is 1.71 bits per heavy atom. The number of nitrogens with two attached hydrogens (primary N) is 1. The molecule has 3 N–H and O–H groups in total. The van der Waals surface area contributed by atoms with Gasteiger partial charge in [0.05, 0.1) is 16.5 Å². The maximum absolute atomic E-state index is 13.1. The molecule has 4 rings (SSSR count). The van der Waals surface area contributed by atoms with Crippen LogP contribution >= 0.6 is 0 Å². The molecule has 2 aromatic rings. The molecule has 10 heteroatoms. The number of carbonyl (C=O) groups excluding carboxylic acids is 2. The molecule has 2 heterocycles. The van der Waals surface area contributed by atoms with Gasteiger partial charge < -0.3 is 11.1 Å². The number of rotatable bonds is 7. The fraction of sp³-hybridized carbons (Fsp3) is 0.400. The third-order valence-electron chi connectivity index (χ3n) is 6.79. The Hall–Kier alpha value is -3.26. The van der Waals surface area contributed by atoms with Crippen molar-refractivity contribution in [2.75, 3.05) is 25.0 Å². The lowest BCUT2D eigenvalue weighted by molar-refractivity contribution is -0.122. The summed E-state index contributed by atoms with van der Waals surface area (Å²) in [6.45, 7) is 1.70. The van der Waals surface area contributed by atoms with Crippen molar-refractivity contribution in [1.29, 1.82) is 5.26 Å². The molecule has 0 aromatic heterocycles. The summed E-state index contributed by atoms with van der Waals surface area (Å²) < 4.78 is 27.5. The van der Waals surface area contributed by atoms with Crippen molar-refractivity contribution >= 4 is 27.5 Å². The van der Waals surface area contributed by atoms with Gasteiger partial charge in [-0.3, -0.25) is 14.5 Å². The first-order valence-electron chi connectivity index (χ1n) is 11.7. The molecule has 2 aliphatic heterocycles. The highest BCUT2D eigenvalue weighted by atomic mass is 32.2. The Labute approximate surface area is 205 Å². The number of likely N-dealkylation sites (tertiary alicyclic amines) is 1. The lowest BCUT2D eigenvalue weighted by atomic mass is 9.97. The van der Waals surface area contributed by atoms with Crippen LogP contribution < -0.4 is 11.1 Å².